The summed E-state index contributed by atoms with van der Waals surface area (Å²) in [5, 5.41) is 15.4. The molecule has 2 aromatic carbocycles. The average Bonchev–Trinajstić information content (AvgIpc) is 3.01. The molecule has 3 rings (SSSR count). The van der Waals surface area contributed by atoms with E-state index in [-0.39, 0.29) is 11.4 Å². The number of nitrogens with zero attached hydrogens (tertiary/aromatic N) is 3. The zero-order valence-corrected chi connectivity index (χ0v) is 15.0. The van der Waals surface area contributed by atoms with E-state index < -0.39 is 10.8 Å². The number of fused-ring (bicyclic) bond motifs is 1. The Kier molecular flexibility index (Phi) is 5.27. The Morgan fingerprint density at radius 1 is 1.41 bits per heavy atom. The summed E-state index contributed by atoms with van der Waals surface area (Å²) in [5.41, 5.74) is 9.45. The van der Waals surface area contributed by atoms with Crippen LogP contribution in [-0.2, 0) is 0 Å². The van der Waals surface area contributed by atoms with E-state index in [2.05, 4.69) is 15.5 Å². The van der Waals surface area contributed by atoms with Crippen molar-refractivity contribution in [1.82, 2.24) is 10.4 Å². The van der Waals surface area contributed by atoms with Gasteiger partial charge in [0, 0.05) is 17.2 Å². The van der Waals surface area contributed by atoms with Crippen molar-refractivity contribution in [2.24, 2.45) is 5.10 Å². The number of nitrogens with two attached hydrogens (primary N) is 1. The van der Waals surface area contributed by atoms with Crippen molar-refractivity contribution >= 4 is 44.5 Å². The van der Waals surface area contributed by atoms with E-state index in [9.17, 15) is 14.9 Å². The Balaban J connectivity index is 1.73. The van der Waals surface area contributed by atoms with Gasteiger partial charge in [-0.3, -0.25) is 14.9 Å². The highest BCUT2D eigenvalue weighted by Gasteiger charge is 2.15. The highest BCUT2D eigenvalue weighted by molar-refractivity contribution is 7.22. The maximum Gasteiger partial charge on any atom is 0.311 e. The number of ether oxygens (including phenoxy) is 1. The van der Waals surface area contributed by atoms with Gasteiger partial charge in [-0.1, -0.05) is 11.3 Å². The van der Waals surface area contributed by atoms with Gasteiger partial charge in [-0.2, -0.15) is 5.10 Å². The lowest BCUT2D eigenvalue weighted by Gasteiger charge is -2.04. The number of amides is 1. The number of thiazole rings is 1. The van der Waals surface area contributed by atoms with E-state index in [1.165, 1.54) is 29.7 Å². The summed E-state index contributed by atoms with van der Waals surface area (Å²) in [6.07, 6.45) is 1.32. The second-order valence-electron chi connectivity index (χ2n) is 5.35. The highest BCUT2D eigenvalue weighted by atomic mass is 32.1. The van der Waals surface area contributed by atoms with Gasteiger partial charge in [-0.15, -0.1) is 0 Å². The van der Waals surface area contributed by atoms with Crippen molar-refractivity contribution in [1.29, 1.82) is 0 Å². The van der Waals surface area contributed by atoms with Crippen LogP contribution >= 0.6 is 11.3 Å². The summed E-state index contributed by atoms with van der Waals surface area (Å²) in [7, 11) is 0. The largest absolute Gasteiger partial charge is 0.487 e. The fourth-order valence-corrected chi connectivity index (χ4v) is 3.12. The van der Waals surface area contributed by atoms with Crippen LogP contribution in [0.5, 0.6) is 5.75 Å². The predicted molar refractivity (Wildman–Crippen MR) is 103 cm³/mol. The lowest BCUT2D eigenvalue weighted by molar-refractivity contribution is -0.385. The molecule has 0 fully saturated rings. The Morgan fingerprint density at radius 2 is 2.22 bits per heavy atom. The van der Waals surface area contributed by atoms with Gasteiger partial charge in [0.2, 0.25) is 0 Å². The number of nitrogen functional groups attached to an aromatic ring is 1. The Morgan fingerprint density at radius 3 is 2.96 bits per heavy atom. The van der Waals surface area contributed by atoms with Crippen molar-refractivity contribution < 1.29 is 14.5 Å². The second-order valence-corrected chi connectivity index (χ2v) is 6.41. The number of carbonyl (C=O) groups is 1. The maximum absolute atomic E-state index is 12.2. The van der Waals surface area contributed by atoms with E-state index >= 15 is 0 Å². The van der Waals surface area contributed by atoms with E-state index in [1.807, 2.05) is 0 Å². The molecular formula is C17H15N5O4S. The molecule has 0 radical (unpaired) electrons. The molecule has 1 aromatic heterocycles. The molecule has 1 heterocycles. The number of hydrogen-bond donors (Lipinski definition) is 2. The molecule has 0 saturated heterocycles. The van der Waals surface area contributed by atoms with Crippen molar-refractivity contribution in [3.8, 4) is 5.75 Å². The van der Waals surface area contributed by atoms with Gasteiger partial charge in [0.05, 0.1) is 28.0 Å². The molecule has 0 bridgehead atoms. The van der Waals surface area contributed by atoms with Gasteiger partial charge in [0.1, 0.15) is 0 Å². The molecule has 0 unspecified atom stereocenters. The van der Waals surface area contributed by atoms with Gasteiger partial charge >= 0.3 is 5.69 Å². The summed E-state index contributed by atoms with van der Waals surface area (Å²) in [4.78, 5) is 26.9. The minimum atomic E-state index is -0.531. The third-order valence-corrected chi connectivity index (χ3v) is 4.37. The zero-order chi connectivity index (χ0) is 19.4. The Bertz CT molecular complexity index is 1050. The first-order chi connectivity index (χ1) is 13.0. The number of hydrogen-bond acceptors (Lipinski definition) is 8. The smallest absolute Gasteiger partial charge is 0.311 e. The molecule has 0 saturated carbocycles. The molecule has 0 atom stereocenters. The average molecular weight is 385 g/mol. The summed E-state index contributed by atoms with van der Waals surface area (Å²) in [6.45, 7) is 2.06. The first-order valence-electron chi connectivity index (χ1n) is 7.88. The topological polar surface area (TPSA) is 133 Å². The van der Waals surface area contributed by atoms with E-state index in [4.69, 9.17) is 10.5 Å². The number of nitro benzene ring substituents is 1. The van der Waals surface area contributed by atoms with Crippen molar-refractivity contribution in [3.63, 3.8) is 0 Å². The number of anilines is 1. The van der Waals surface area contributed by atoms with Crippen LogP contribution < -0.4 is 15.9 Å². The van der Waals surface area contributed by atoms with E-state index in [0.29, 0.717) is 22.9 Å². The van der Waals surface area contributed by atoms with E-state index in [0.717, 1.165) is 10.2 Å². The van der Waals surface area contributed by atoms with Gasteiger partial charge in [-0.25, -0.2) is 10.4 Å². The number of hydrazone groups is 1. The third-order valence-electron chi connectivity index (χ3n) is 3.53. The molecule has 3 aromatic rings. The van der Waals surface area contributed by atoms with Crippen LogP contribution in [0.4, 0.5) is 10.8 Å². The van der Waals surface area contributed by atoms with Gasteiger partial charge in [-0.05, 0) is 37.3 Å². The monoisotopic (exact) mass is 385 g/mol. The number of aromatic nitrogens is 1. The molecule has 10 heteroatoms. The quantitative estimate of drug-likeness (QED) is 0.381. The van der Waals surface area contributed by atoms with E-state index in [1.54, 1.807) is 31.2 Å². The standard InChI is InChI=1S/C17H15N5O4S/c1-2-26-14-6-3-10(7-13(14)22(24)25)9-19-21-16(23)11-4-5-12-15(8-11)27-17(18)20-12/h3-9H,2H2,1H3,(H2,18,20)(H,21,23)/b19-9-. The number of benzene rings is 2. The van der Waals surface area contributed by atoms with Crippen LogP contribution in [0.15, 0.2) is 41.5 Å². The van der Waals surface area contributed by atoms with Crippen LogP contribution in [0.1, 0.15) is 22.8 Å². The summed E-state index contributed by atoms with van der Waals surface area (Å²) < 4.78 is 6.02. The lowest BCUT2D eigenvalue weighted by atomic mass is 10.2. The Labute approximate surface area is 157 Å². The molecule has 0 aliphatic heterocycles. The number of rotatable bonds is 6. The van der Waals surface area contributed by atoms with Crippen molar-refractivity contribution in [3.05, 3.63) is 57.6 Å². The number of nitrogens with one attached hydrogen (secondary N) is 1. The van der Waals surface area contributed by atoms with Crippen LogP contribution in [0.2, 0.25) is 0 Å². The normalized spacial score (nSPS) is 11.0. The molecule has 138 valence electrons. The fourth-order valence-electron chi connectivity index (χ4n) is 2.35. The zero-order valence-electron chi connectivity index (χ0n) is 14.2. The molecule has 27 heavy (non-hydrogen) atoms. The minimum absolute atomic E-state index is 0.166. The second kappa shape index (κ2) is 7.79. The van der Waals surface area contributed by atoms with Crippen LogP contribution in [-0.4, -0.2) is 28.6 Å². The first kappa shape index (κ1) is 18.3. The SMILES string of the molecule is CCOc1ccc(/C=N\NC(=O)c2ccc3nc(N)sc3c2)cc1[N+](=O)[O-]. The summed E-state index contributed by atoms with van der Waals surface area (Å²) in [6, 6.07) is 9.43. The van der Waals surface area contributed by atoms with Crippen molar-refractivity contribution in [2.45, 2.75) is 6.92 Å². The first-order valence-corrected chi connectivity index (χ1v) is 8.70. The van der Waals surface area contributed by atoms with Gasteiger partial charge in [0.25, 0.3) is 5.91 Å². The van der Waals surface area contributed by atoms with Gasteiger partial charge < -0.3 is 10.5 Å². The van der Waals surface area contributed by atoms with Crippen LogP contribution in [0, 0.1) is 10.1 Å². The maximum atomic E-state index is 12.2. The lowest BCUT2D eigenvalue weighted by Crippen LogP contribution is -2.17. The molecule has 0 spiro atoms. The molecule has 3 N–H and O–H groups in total. The number of nitro groups is 1. The highest BCUT2D eigenvalue weighted by Crippen LogP contribution is 2.27. The predicted octanol–water partition coefficient (Wildman–Crippen LogP) is 2.95. The molecule has 9 nitrogen and oxygen atoms in total. The molecular weight excluding hydrogens is 370 g/mol. The van der Waals surface area contributed by atoms with Crippen LogP contribution in [0.25, 0.3) is 10.2 Å². The molecule has 0 aliphatic rings. The van der Waals surface area contributed by atoms with Gasteiger partial charge in [0.15, 0.2) is 10.9 Å². The third kappa shape index (κ3) is 4.18. The molecule has 0 aliphatic carbocycles. The Hall–Kier alpha value is -3.53. The summed E-state index contributed by atoms with van der Waals surface area (Å²) in [5.74, 6) is -0.235. The molecule has 1 amide bonds. The van der Waals surface area contributed by atoms with Crippen LogP contribution in [0.3, 0.4) is 0 Å². The van der Waals surface area contributed by atoms with Crippen molar-refractivity contribution in [2.75, 3.05) is 12.3 Å². The summed E-state index contributed by atoms with van der Waals surface area (Å²) >= 11 is 1.29. The number of carbonyl (C=O) groups excluding carboxylic acids is 1. The fraction of sp³-hybridized carbons (Fsp3) is 0.118. The minimum Gasteiger partial charge on any atom is -0.487 e.